The third kappa shape index (κ3) is 3.04. The van der Waals surface area contributed by atoms with E-state index < -0.39 is 0 Å². The van der Waals surface area contributed by atoms with Gasteiger partial charge in [-0.05, 0) is 59.9 Å². The highest BCUT2D eigenvalue weighted by atomic mass is 16.5. The van der Waals surface area contributed by atoms with Crippen molar-refractivity contribution in [3.8, 4) is 16.9 Å². The Morgan fingerprint density at radius 2 is 1.73 bits per heavy atom. The average Bonchev–Trinajstić information content (AvgIpc) is 2.56. The molecule has 0 heterocycles. The van der Waals surface area contributed by atoms with E-state index in [-0.39, 0.29) is 0 Å². The Kier molecular flexibility index (Phi) is 4.24. The smallest absolute Gasteiger partial charge is 0.122 e. The third-order valence-corrected chi connectivity index (χ3v) is 3.93. The Morgan fingerprint density at radius 1 is 0.909 bits per heavy atom. The number of aryl methyl sites for hydroxylation is 1. The summed E-state index contributed by atoms with van der Waals surface area (Å²) in [4.78, 5) is 0. The van der Waals surface area contributed by atoms with Gasteiger partial charge in [0.15, 0.2) is 0 Å². The van der Waals surface area contributed by atoms with Crippen LogP contribution in [0.2, 0.25) is 0 Å². The van der Waals surface area contributed by atoms with Gasteiger partial charge in [0, 0.05) is 0 Å². The first-order chi connectivity index (χ1) is 10.8. The lowest BCUT2D eigenvalue weighted by Gasteiger charge is -2.13. The molecule has 0 fully saturated rings. The van der Waals surface area contributed by atoms with Crippen LogP contribution in [-0.2, 0) is 6.61 Å². The fourth-order valence-electron chi connectivity index (χ4n) is 2.59. The summed E-state index contributed by atoms with van der Waals surface area (Å²) in [6.45, 7) is 4.78. The summed E-state index contributed by atoms with van der Waals surface area (Å²) in [6, 6.07) is 25.7. The van der Waals surface area contributed by atoms with Crippen LogP contribution < -0.4 is 4.74 Å². The van der Waals surface area contributed by atoms with E-state index in [4.69, 9.17) is 4.74 Å². The van der Waals surface area contributed by atoms with Crippen molar-refractivity contribution in [2.45, 2.75) is 20.5 Å². The average molecular weight is 287 g/mol. The van der Waals surface area contributed by atoms with Gasteiger partial charge in [-0.3, -0.25) is 0 Å². The topological polar surface area (TPSA) is 9.23 Å². The number of hydrogen-bond acceptors (Lipinski definition) is 1. The van der Waals surface area contributed by atoms with Crippen LogP contribution in [0.4, 0.5) is 0 Å². The van der Waals surface area contributed by atoms with E-state index >= 15 is 0 Å². The van der Waals surface area contributed by atoms with E-state index in [1.54, 1.807) is 0 Å². The largest absolute Gasteiger partial charge is 0.489 e. The minimum Gasteiger partial charge on any atom is -0.489 e. The SMILES string of the molecule is Cc1c[c]ccc1OCc1cccc(-c2ccccc2)c1C. The van der Waals surface area contributed by atoms with Gasteiger partial charge in [0.1, 0.15) is 12.4 Å². The van der Waals surface area contributed by atoms with Crippen molar-refractivity contribution in [1.82, 2.24) is 0 Å². The fraction of sp³-hybridized carbons (Fsp3) is 0.143. The molecular weight excluding hydrogens is 268 g/mol. The second-order valence-electron chi connectivity index (χ2n) is 5.44. The van der Waals surface area contributed by atoms with Crippen LogP contribution in [0.15, 0.2) is 66.7 Å². The Hall–Kier alpha value is -2.54. The lowest BCUT2D eigenvalue weighted by atomic mass is 9.97. The van der Waals surface area contributed by atoms with E-state index in [1.807, 2.05) is 31.2 Å². The van der Waals surface area contributed by atoms with E-state index in [0.717, 1.165) is 11.3 Å². The summed E-state index contributed by atoms with van der Waals surface area (Å²) in [5.41, 5.74) is 6.11. The van der Waals surface area contributed by atoms with Gasteiger partial charge in [0.25, 0.3) is 0 Å². The highest BCUT2D eigenvalue weighted by Gasteiger charge is 2.07. The van der Waals surface area contributed by atoms with Gasteiger partial charge in [-0.2, -0.15) is 0 Å². The van der Waals surface area contributed by atoms with Crippen LogP contribution in [0.5, 0.6) is 5.75 Å². The minimum atomic E-state index is 0.581. The van der Waals surface area contributed by atoms with Crippen molar-refractivity contribution < 1.29 is 4.74 Å². The van der Waals surface area contributed by atoms with E-state index in [2.05, 4.69) is 55.5 Å². The number of ether oxygens (including phenoxy) is 1. The molecule has 3 aromatic rings. The molecule has 0 aliphatic rings. The summed E-state index contributed by atoms with van der Waals surface area (Å²) in [5.74, 6) is 0.920. The van der Waals surface area contributed by atoms with E-state index in [0.29, 0.717) is 6.61 Å². The first-order valence-corrected chi connectivity index (χ1v) is 7.49. The van der Waals surface area contributed by atoms with Gasteiger partial charge in [-0.25, -0.2) is 0 Å². The van der Waals surface area contributed by atoms with E-state index in [9.17, 15) is 0 Å². The minimum absolute atomic E-state index is 0.581. The molecule has 1 heteroatoms. The quantitative estimate of drug-likeness (QED) is 0.628. The van der Waals surface area contributed by atoms with Crippen LogP contribution >= 0.6 is 0 Å². The summed E-state index contributed by atoms with van der Waals surface area (Å²) in [5, 5.41) is 0. The van der Waals surface area contributed by atoms with Crippen LogP contribution in [0, 0.1) is 19.9 Å². The highest BCUT2D eigenvalue weighted by Crippen LogP contribution is 2.26. The van der Waals surface area contributed by atoms with Gasteiger partial charge in [-0.15, -0.1) is 0 Å². The summed E-state index contributed by atoms with van der Waals surface area (Å²) in [6.07, 6.45) is 0. The molecule has 0 spiro atoms. The van der Waals surface area contributed by atoms with Crippen molar-refractivity contribution in [3.05, 3.63) is 89.5 Å². The second kappa shape index (κ2) is 6.48. The third-order valence-electron chi connectivity index (χ3n) is 3.93. The molecule has 109 valence electrons. The fourth-order valence-corrected chi connectivity index (χ4v) is 2.59. The molecule has 0 saturated heterocycles. The molecule has 0 N–H and O–H groups in total. The summed E-state index contributed by atoms with van der Waals surface area (Å²) >= 11 is 0. The molecule has 1 radical (unpaired) electrons. The second-order valence-corrected chi connectivity index (χ2v) is 5.44. The Labute approximate surface area is 132 Å². The van der Waals surface area contributed by atoms with Crippen LogP contribution in [-0.4, -0.2) is 0 Å². The molecule has 0 aliphatic carbocycles. The zero-order valence-corrected chi connectivity index (χ0v) is 13.0. The summed E-state index contributed by atoms with van der Waals surface area (Å²) in [7, 11) is 0. The number of hydrogen-bond donors (Lipinski definition) is 0. The molecule has 0 amide bonds. The zero-order chi connectivity index (χ0) is 15.4. The number of rotatable bonds is 4. The predicted molar refractivity (Wildman–Crippen MR) is 91.0 cm³/mol. The first kappa shape index (κ1) is 14.4. The van der Waals surface area contributed by atoms with Crippen molar-refractivity contribution in [2.75, 3.05) is 0 Å². The molecule has 3 rings (SSSR count). The maximum absolute atomic E-state index is 5.97. The standard InChI is InChI=1S/C21H19O/c1-16-9-6-7-14-21(16)22-15-19-12-8-13-20(17(19)2)18-10-4-3-5-11-18/h3-5,7-14H,15H2,1-2H3. The molecule has 0 aliphatic heterocycles. The Bertz CT molecular complexity index is 760. The van der Waals surface area contributed by atoms with Crippen LogP contribution in [0.3, 0.4) is 0 Å². The van der Waals surface area contributed by atoms with Crippen molar-refractivity contribution >= 4 is 0 Å². The lowest BCUT2D eigenvalue weighted by molar-refractivity contribution is 0.303. The van der Waals surface area contributed by atoms with Gasteiger partial charge in [0.2, 0.25) is 0 Å². The van der Waals surface area contributed by atoms with Gasteiger partial charge in [-0.1, -0.05) is 54.6 Å². The van der Waals surface area contributed by atoms with Crippen LogP contribution in [0.25, 0.3) is 11.1 Å². The Balaban J connectivity index is 1.85. The van der Waals surface area contributed by atoms with E-state index in [1.165, 1.54) is 22.3 Å². The lowest BCUT2D eigenvalue weighted by Crippen LogP contribution is -2.00. The zero-order valence-electron chi connectivity index (χ0n) is 13.0. The van der Waals surface area contributed by atoms with Crippen molar-refractivity contribution in [1.29, 1.82) is 0 Å². The van der Waals surface area contributed by atoms with Crippen molar-refractivity contribution in [2.24, 2.45) is 0 Å². The molecule has 22 heavy (non-hydrogen) atoms. The maximum Gasteiger partial charge on any atom is 0.122 e. The molecule has 1 nitrogen and oxygen atoms in total. The molecule has 3 aromatic carbocycles. The van der Waals surface area contributed by atoms with Gasteiger partial charge < -0.3 is 4.74 Å². The van der Waals surface area contributed by atoms with Gasteiger partial charge >= 0.3 is 0 Å². The first-order valence-electron chi connectivity index (χ1n) is 7.49. The maximum atomic E-state index is 5.97. The molecule has 0 saturated carbocycles. The normalized spacial score (nSPS) is 10.5. The Morgan fingerprint density at radius 3 is 2.50 bits per heavy atom. The summed E-state index contributed by atoms with van der Waals surface area (Å²) < 4.78 is 5.97. The predicted octanol–water partition coefficient (Wildman–Crippen LogP) is 5.35. The molecule has 0 bridgehead atoms. The van der Waals surface area contributed by atoms with Crippen molar-refractivity contribution in [3.63, 3.8) is 0 Å². The molecule has 0 unspecified atom stereocenters. The highest BCUT2D eigenvalue weighted by molar-refractivity contribution is 5.68. The molecule has 0 aromatic heterocycles. The van der Waals surface area contributed by atoms with Crippen LogP contribution in [0.1, 0.15) is 16.7 Å². The van der Waals surface area contributed by atoms with Gasteiger partial charge in [0.05, 0.1) is 0 Å². The molecular formula is C21H19O. The molecule has 0 atom stereocenters. The monoisotopic (exact) mass is 287 g/mol. The number of benzene rings is 3.